The van der Waals surface area contributed by atoms with Gasteiger partial charge in [-0.25, -0.2) is 9.78 Å². The Balaban J connectivity index is 1.86. The SMILES string of the molecule is Cc1ccccc1-n1c(C(C)N(CC(C)C)C(=O)Nc2cccc(Cl)c2)nc2ccccc2c1=O. The predicted octanol–water partition coefficient (Wildman–Crippen LogP) is 6.60. The lowest BCUT2D eigenvalue weighted by Crippen LogP contribution is -2.41. The second-order valence-electron chi connectivity index (χ2n) is 9.08. The van der Waals surface area contributed by atoms with E-state index < -0.39 is 6.04 Å². The molecule has 1 unspecified atom stereocenters. The van der Waals surface area contributed by atoms with Crippen molar-refractivity contribution in [2.24, 2.45) is 5.92 Å². The van der Waals surface area contributed by atoms with E-state index in [1.807, 2.05) is 56.3 Å². The molecule has 0 aliphatic carbocycles. The zero-order valence-corrected chi connectivity index (χ0v) is 21.1. The third-order valence-electron chi connectivity index (χ3n) is 5.90. The van der Waals surface area contributed by atoms with E-state index in [1.165, 1.54) is 0 Å². The summed E-state index contributed by atoms with van der Waals surface area (Å²) >= 11 is 6.11. The van der Waals surface area contributed by atoms with Crippen molar-refractivity contribution < 1.29 is 4.79 Å². The van der Waals surface area contributed by atoms with Gasteiger partial charge in [0.25, 0.3) is 5.56 Å². The zero-order valence-electron chi connectivity index (χ0n) is 20.3. The number of hydrogen-bond acceptors (Lipinski definition) is 3. The molecule has 0 aliphatic rings. The second kappa shape index (κ2) is 10.3. The molecule has 1 heterocycles. The molecule has 4 aromatic rings. The molecule has 0 spiro atoms. The topological polar surface area (TPSA) is 67.2 Å². The Kier molecular flexibility index (Phi) is 7.22. The fourth-order valence-electron chi connectivity index (χ4n) is 4.19. The molecule has 7 heteroatoms. The number of nitrogens with one attached hydrogen (secondary N) is 1. The van der Waals surface area contributed by atoms with Crippen LogP contribution >= 0.6 is 11.6 Å². The lowest BCUT2D eigenvalue weighted by Gasteiger charge is -2.32. The number of benzene rings is 3. The van der Waals surface area contributed by atoms with Crippen molar-refractivity contribution in [3.05, 3.63) is 99.6 Å². The van der Waals surface area contributed by atoms with Gasteiger partial charge in [0.05, 0.1) is 22.6 Å². The number of halogens is 1. The first-order chi connectivity index (χ1) is 16.8. The predicted molar refractivity (Wildman–Crippen MR) is 143 cm³/mol. The van der Waals surface area contributed by atoms with Crippen LogP contribution in [0.4, 0.5) is 10.5 Å². The molecule has 0 radical (unpaired) electrons. The highest BCUT2D eigenvalue weighted by atomic mass is 35.5. The molecular formula is C28H29ClN4O2. The van der Waals surface area contributed by atoms with Crippen LogP contribution in [0, 0.1) is 12.8 Å². The van der Waals surface area contributed by atoms with Gasteiger partial charge in [0.1, 0.15) is 5.82 Å². The van der Waals surface area contributed by atoms with Crippen molar-refractivity contribution in [1.82, 2.24) is 14.5 Å². The molecule has 0 aliphatic heterocycles. The Bertz CT molecular complexity index is 1430. The minimum Gasteiger partial charge on any atom is -0.314 e. The van der Waals surface area contributed by atoms with Crippen molar-refractivity contribution in [3.8, 4) is 5.69 Å². The number of carbonyl (C=O) groups is 1. The molecule has 0 saturated carbocycles. The molecular weight excluding hydrogens is 460 g/mol. The van der Waals surface area contributed by atoms with Gasteiger partial charge in [-0.05, 0) is 61.7 Å². The summed E-state index contributed by atoms with van der Waals surface area (Å²) in [6, 6.07) is 21.3. The molecule has 1 aromatic heterocycles. The average Bonchev–Trinajstić information content (AvgIpc) is 2.82. The largest absolute Gasteiger partial charge is 0.322 e. The van der Waals surface area contributed by atoms with Crippen molar-refractivity contribution in [2.75, 3.05) is 11.9 Å². The van der Waals surface area contributed by atoms with Gasteiger partial charge >= 0.3 is 6.03 Å². The van der Waals surface area contributed by atoms with Gasteiger partial charge in [-0.1, -0.05) is 61.8 Å². The van der Waals surface area contributed by atoms with Crippen LogP contribution in [-0.2, 0) is 0 Å². The van der Waals surface area contributed by atoms with E-state index in [0.717, 1.165) is 11.3 Å². The lowest BCUT2D eigenvalue weighted by molar-refractivity contribution is 0.179. The zero-order chi connectivity index (χ0) is 25.1. The molecule has 0 bridgehead atoms. The highest BCUT2D eigenvalue weighted by Gasteiger charge is 2.28. The summed E-state index contributed by atoms with van der Waals surface area (Å²) in [5.41, 5.74) is 2.73. The van der Waals surface area contributed by atoms with Crippen LogP contribution in [0.1, 0.15) is 38.2 Å². The molecule has 0 fully saturated rings. The number of urea groups is 1. The number of hydrogen-bond donors (Lipinski definition) is 1. The van der Waals surface area contributed by atoms with Crippen molar-refractivity contribution in [2.45, 2.75) is 33.7 Å². The van der Waals surface area contributed by atoms with Gasteiger partial charge in [0.15, 0.2) is 0 Å². The number of rotatable bonds is 6. The van der Waals surface area contributed by atoms with Crippen LogP contribution in [0.3, 0.4) is 0 Å². The van der Waals surface area contributed by atoms with E-state index in [1.54, 1.807) is 39.8 Å². The van der Waals surface area contributed by atoms with Crippen LogP contribution in [-0.4, -0.2) is 27.0 Å². The second-order valence-corrected chi connectivity index (χ2v) is 9.51. The van der Waals surface area contributed by atoms with Crippen LogP contribution in [0.5, 0.6) is 0 Å². The van der Waals surface area contributed by atoms with Crippen molar-refractivity contribution in [3.63, 3.8) is 0 Å². The van der Waals surface area contributed by atoms with E-state index in [-0.39, 0.29) is 17.5 Å². The fraction of sp³-hybridized carbons (Fsp3) is 0.250. The highest BCUT2D eigenvalue weighted by Crippen LogP contribution is 2.26. The smallest absolute Gasteiger partial charge is 0.314 e. The van der Waals surface area contributed by atoms with Crippen LogP contribution in [0.15, 0.2) is 77.6 Å². The summed E-state index contributed by atoms with van der Waals surface area (Å²) in [6.07, 6.45) is 0. The summed E-state index contributed by atoms with van der Waals surface area (Å²) in [5, 5.41) is 4.02. The summed E-state index contributed by atoms with van der Waals surface area (Å²) in [6.45, 7) is 8.45. The Morgan fingerprint density at radius 2 is 1.74 bits per heavy atom. The standard InChI is InChI=1S/C28H29ClN4O2/c1-18(2)17-32(28(35)30-22-12-9-11-21(29)16-22)20(4)26-31-24-14-7-6-13-23(24)27(34)33(26)25-15-8-5-10-19(25)3/h5-16,18,20H,17H2,1-4H3,(H,30,35). The molecule has 2 amide bonds. The molecule has 35 heavy (non-hydrogen) atoms. The number of amides is 2. The number of aromatic nitrogens is 2. The molecule has 4 rings (SSSR count). The van der Waals surface area contributed by atoms with E-state index in [4.69, 9.17) is 16.6 Å². The number of nitrogens with zero attached hydrogens (tertiary/aromatic N) is 3. The lowest BCUT2D eigenvalue weighted by atomic mass is 10.1. The maximum absolute atomic E-state index is 13.7. The minimum atomic E-state index is -0.492. The Morgan fingerprint density at radius 1 is 1.03 bits per heavy atom. The number of para-hydroxylation sites is 2. The molecule has 1 N–H and O–H groups in total. The van der Waals surface area contributed by atoms with E-state index in [9.17, 15) is 9.59 Å². The van der Waals surface area contributed by atoms with Gasteiger partial charge in [-0.3, -0.25) is 9.36 Å². The van der Waals surface area contributed by atoms with Gasteiger partial charge in [-0.15, -0.1) is 0 Å². The molecule has 0 saturated heterocycles. The Labute approximate surface area is 210 Å². The minimum absolute atomic E-state index is 0.161. The monoisotopic (exact) mass is 488 g/mol. The Hall–Kier alpha value is -3.64. The normalized spacial score (nSPS) is 12.1. The molecule has 6 nitrogen and oxygen atoms in total. The first-order valence-electron chi connectivity index (χ1n) is 11.7. The van der Waals surface area contributed by atoms with E-state index in [2.05, 4.69) is 19.2 Å². The number of aryl methyl sites for hydroxylation is 1. The Morgan fingerprint density at radius 3 is 2.46 bits per heavy atom. The van der Waals surface area contributed by atoms with E-state index >= 15 is 0 Å². The highest BCUT2D eigenvalue weighted by molar-refractivity contribution is 6.30. The van der Waals surface area contributed by atoms with Gasteiger partial charge in [0.2, 0.25) is 0 Å². The summed E-state index contributed by atoms with van der Waals surface area (Å²) in [7, 11) is 0. The molecule has 180 valence electrons. The third kappa shape index (κ3) is 5.23. The summed E-state index contributed by atoms with van der Waals surface area (Å²) in [4.78, 5) is 33.9. The van der Waals surface area contributed by atoms with Crippen molar-refractivity contribution in [1.29, 1.82) is 0 Å². The number of anilines is 1. The third-order valence-corrected chi connectivity index (χ3v) is 6.13. The van der Waals surface area contributed by atoms with Crippen LogP contribution in [0.2, 0.25) is 5.02 Å². The van der Waals surface area contributed by atoms with Gasteiger partial charge in [-0.2, -0.15) is 0 Å². The van der Waals surface area contributed by atoms with Crippen LogP contribution < -0.4 is 10.9 Å². The molecule has 3 aromatic carbocycles. The van der Waals surface area contributed by atoms with Gasteiger partial charge in [0, 0.05) is 17.3 Å². The van der Waals surface area contributed by atoms with Gasteiger partial charge < -0.3 is 10.2 Å². The summed E-state index contributed by atoms with van der Waals surface area (Å²) < 4.78 is 1.64. The van der Waals surface area contributed by atoms with Crippen molar-refractivity contribution >= 4 is 34.2 Å². The van der Waals surface area contributed by atoms with E-state index in [0.29, 0.717) is 34.0 Å². The maximum atomic E-state index is 13.7. The summed E-state index contributed by atoms with van der Waals surface area (Å²) in [5.74, 6) is 0.701. The fourth-order valence-corrected chi connectivity index (χ4v) is 4.38. The first kappa shape index (κ1) is 24.5. The first-order valence-corrected chi connectivity index (χ1v) is 12.0. The van der Waals surface area contributed by atoms with Crippen LogP contribution in [0.25, 0.3) is 16.6 Å². The quantitative estimate of drug-likeness (QED) is 0.332. The average molecular weight is 489 g/mol. The number of carbonyl (C=O) groups excluding carboxylic acids is 1. The maximum Gasteiger partial charge on any atom is 0.322 e. The molecule has 1 atom stereocenters. The number of fused-ring (bicyclic) bond motifs is 1.